The maximum atomic E-state index is 11.9. The minimum Gasteiger partial charge on any atom is -0.343 e. The SMILES string of the molecule is CC(N)CC(=O)N1CCC(CN2CCCCC2=O)CC1.Cl. The fraction of sp³-hybridized carbons (Fsp3) is 0.867. The number of rotatable bonds is 4. The summed E-state index contributed by atoms with van der Waals surface area (Å²) in [5.41, 5.74) is 5.67. The predicted molar refractivity (Wildman–Crippen MR) is 85.2 cm³/mol. The first-order chi connectivity index (χ1) is 9.56. The molecular weight excluding hydrogens is 290 g/mol. The summed E-state index contributed by atoms with van der Waals surface area (Å²) in [6.45, 7) is 5.31. The molecule has 122 valence electrons. The molecule has 2 heterocycles. The minimum absolute atomic E-state index is 0. The average Bonchev–Trinajstić information content (AvgIpc) is 2.41. The Kier molecular flexibility index (Phi) is 7.46. The molecule has 2 fully saturated rings. The van der Waals surface area contributed by atoms with Crippen LogP contribution in [0.15, 0.2) is 0 Å². The largest absolute Gasteiger partial charge is 0.343 e. The second-order valence-electron chi connectivity index (χ2n) is 6.30. The molecule has 2 aliphatic heterocycles. The molecule has 0 aromatic heterocycles. The van der Waals surface area contributed by atoms with Crippen LogP contribution >= 0.6 is 12.4 Å². The molecule has 2 aliphatic rings. The second kappa shape index (κ2) is 8.59. The van der Waals surface area contributed by atoms with Gasteiger partial charge in [-0.2, -0.15) is 0 Å². The Labute approximate surface area is 133 Å². The van der Waals surface area contributed by atoms with Crippen LogP contribution in [0.5, 0.6) is 0 Å². The molecule has 0 saturated carbocycles. The van der Waals surface area contributed by atoms with E-state index in [9.17, 15) is 9.59 Å². The number of nitrogens with zero attached hydrogens (tertiary/aromatic N) is 2. The van der Waals surface area contributed by atoms with Crippen LogP contribution in [0.2, 0.25) is 0 Å². The van der Waals surface area contributed by atoms with E-state index >= 15 is 0 Å². The average molecular weight is 318 g/mol. The number of halogens is 1. The van der Waals surface area contributed by atoms with Gasteiger partial charge in [0.05, 0.1) is 0 Å². The van der Waals surface area contributed by atoms with Crippen LogP contribution in [0, 0.1) is 5.92 Å². The van der Waals surface area contributed by atoms with Gasteiger partial charge < -0.3 is 15.5 Å². The van der Waals surface area contributed by atoms with Crippen LogP contribution < -0.4 is 5.73 Å². The van der Waals surface area contributed by atoms with Crippen molar-refractivity contribution in [2.75, 3.05) is 26.2 Å². The van der Waals surface area contributed by atoms with Gasteiger partial charge in [0, 0.05) is 45.1 Å². The molecule has 21 heavy (non-hydrogen) atoms. The lowest BCUT2D eigenvalue weighted by Gasteiger charge is -2.36. The number of hydrogen-bond acceptors (Lipinski definition) is 3. The zero-order chi connectivity index (χ0) is 14.5. The Morgan fingerprint density at radius 3 is 2.52 bits per heavy atom. The van der Waals surface area contributed by atoms with E-state index in [1.165, 1.54) is 0 Å². The zero-order valence-electron chi connectivity index (χ0n) is 12.9. The van der Waals surface area contributed by atoms with Crippen LogP contribution in [0.3, 0.4) is 0 Å². The first kappa shape index (κ1) is 18.2. The highest BCUT2D eigenvalue weighted by atomic mass is 35.5. The van der Waals surface area contributed by atoms with Crippen molar-refractivity contribution in [1.82, 2.24) is 9.80 Å². The van der Waals surface area contributed by atoms with Gasteiger partial charge in [0.25, 0.3) is 0 Å². The standard InChI is InChI=1S/C15H27N3O2.ClH/c1-12(16)10-15(20)17-8-5-13(6-9-17)11-18-7-3-2-4-14(18)19;/h12-13H,2-11,16H2,1H3;1H. The van der Waals surface area contributed by atoms with E-state index in [-0.39, 0.29) is 24.4 Å². The van der Waals surface area contributed by atoms with Crippen molar-refractivity contribution < 1.29 is 9.59 Å². The quantitative estimate of drug-likeness (QED) is 0.852. The fourth-order valence-electron chi connectivity index (χ4n) is 3.14. The van der Waals surface area contributed by atoms with E-state index in [2.05, 4.69) is 0 Å². The molecule has 0 aliphatic carbocycles. The Balaban J connectivity index is 0.00000220. The molecule has 0 aromatic rings. The number of carbonyl (C=O) groups excluding carboxylic acids is 2. The van der Waals surface area contributed by atoms with Crippen LogP contribution in [-0.4, -0.2) is 53.8 Å². The molecule has 0 spiro atoms. The summed E-state index contributed by atoms with van der Waals surface area (Å²) in [6.07, 6.45) is 5.35. The molecule has 2 saturated heterocycles. The molecule has 6 heteroatoms. The first-order valence-electron chi connectivity index (χ1n) is 7.87. The third-order valence-electron chi connectivity index (χ3n) is 4.36. The number of nitrogens with two attached hydrogens (primary N) is 1. The minimum atomic E-state index is -0.0637. The normalized spacial score (nSPS) is 21.9. The highest BCUT2D eigenvalue weighted by molar-refractivity contribution is 5.85. The Morgan fingerprint density at radius 1 is 1.29 bits per heavy atom. The van der Waals surface area contributed by atoms with E-state index in [0.717, 1.165) is 51.9 Å². The summed E-state index contributed by atoms with van der Waals surface area (Å²) < 4.78 is 0. The predicted octanol–water partition coefficient (Wildman–Crippen LogP) is 1.40. The molecule has 1 atom stereocenters. The molecular formula is C15H28ClN3O2. The van der Waals surface area contributed by atoms with Crippen molar-refractivity contribution >= 4 is 24.2 Å². The molecule has 1 unspecified atom stereocenters. The Morgan fingerprint density at radius 2 is 1.95 bits per heavy atom. The molecule has 2 amide bonds. The van der Waals surface area contributed by atoms with Gasteiger partial charge in [-0.15, -0.1) is 12.4 Å². The second-order valence-corrected chi connectivity index (χ2v) is 6.30. The van der Waals surface area contributed by atoms with Crippen molar-refractivity contribution in [3.8, 4) is 0 Å². The van der Waals surface area contributed by atoms with Gasteiger partial charge >= 0.3 is 0 Å². The zero-order valence-corrected chi connectivity index (χ0v) is 13.7. The molecule has 0 radical (unpaired) electrons. The van der Waals surface area contributed by atoms with E-state index in [1.54, 1.807) is 0 Å². The number of amides is 2. The summed E-state index contributed by atoms with van der Waals surface area (Å²) in [5.74, 6) is 1.04. The van der Waals surface area contributed by atoms with Crippen LogP contribution in [-0.2, 0) is 9.59 Å². The molecule has 0 aromatic carbocycles. The fourth-order valence-corrected chi connectivity index (χ4v) is 3.14. The maximum absolute atomic E-state index is 11.9. The lowest BCUT2D eigenvalue weighted by molar-refractivity contribution is -0.136. The summed E-state index contributed by atoms with van der Waals surface area (Å²) in [7, 11) is 0. The van der Waals surface area contributed by atoms with Gasteiger partial charge in [0.15, 0.2) is 0 Å². The topological polar surface area (TPSA) is 66.6 Å². The summed E-state index contributed by atoms with van der Waals surface area (Å²) >= 11 is 0. The van der Waals surface area contributed by atoms with Crippen LogP contribution in [0.25, 0.3) is 0 Å². The van der Waals surface area contributed by atoms with Crippen LogP contribution in [0.4, 0.5) is 0 Å². The van der Waals surface area contributed by atoms with E-state index in [4.69, 9.17) is 5.73 Å². The van der Waals surface area contributed by atoms with Gasteiger partial charge in [-0.1, -0.05) is 0 Å². The van der Waals surface area contributed by atoms with Gasteiger partial charge in [-0.05, 0) is 38.5 Å². The monoisotopic (exact) mass is 317 g/mol. The molecule has 0 bridgehead atoms. The van der Waals surface area contributed by atoms with Gasteiger partial charge in [-0.25, -0.2) is 0 Å². The smallest absolute Gasteiger partial charge is 0.224 e. The van der Waals surface area contributed by atoms with Crippen molar-refractivity contribution in [3.63, 3.8) is 0 Å². The maximum Gasteiger partial charge on any atom is 0.224 e. The van der Waals surface area contributed by atoms with Crippen molar-refractivity contribution in [2.45, 2.75) is 51.5 Å². The number of hydrogen-bond donors (Lipinski definition) is 1. The third-order valence-corrected chi connectivity index (χ3v) is 4.36. The highest BCUT2D eigenvalue weighted by Crippen LogP contribution is 2.21. The molecule has 2 N–H and O–H groups in total. The Bertz CT molecular complexity index is 355. The summed E-state index contributed by atoms with van der Waals surface area (Å²) in [5, 5.41) is 0. The first-order valence-corrected chi connectivity index (χ1v) is 7.87. The van der Waals surface area contributed by atoms with Gasteiger partial charge in [0.1, 0.15) is 0 Å². The van der Waals surface area contributed by atoms with E-state index in [1.807, 2.05) is 16.7 Å². The number of carbonyl (C=O) groups is 2. The third kappa shape index (κ3) is 5.47. The van der Waals surface area contributed by atoms with Crippen LogP contribution in [0.1, 0.15) is 45.4 Å². The molecule has 5 nitrogen and oxygen atoms in total. The summed E-state index contributed by atoms with van der Waals surface area (Å²) in [6, 6.07) is -0.0637. The molecule has 2 rings (SSSR count). The Hall–Kier alpha value is -0.810. The van der Waals surface area contributed by atoms with Crippen molar-refractivity contribution in [3.05, 3.63) is 0 Å². The van der Waals surface area contributed by atoms with Crippen molar-refractivity contribution in [1.29, 1.82) is 0 Å². The van der Waals surface area contributed by atoms with E-state index < -0.39 is 0 Å². The summed E-state index contributed by atoms with van der Waals surface area (Å²) in [4.78, 5) is 27.7. The lowest BCUT2D eigenvalue weighted by Crippen LogP contribution is -2.44. The number of likely N-dealkylation sites (tertiary alicyclic amines) is 2. The van der Waals surface area contributed by atoms with E-state index in [0.29, 0.717) is 24.7 Å². The highest BCUT2D eigenvalue weighted by Gasteiger charge is 2.26. The van der Waals surface area contributed by atoms with Gasteiger partial charge in [0.2, 0.25) is 11.8 Å². The van der Waals surface area contributed by atoms with Crippen molar-refractivity contribution in [2.24, 2.45) is 11.7 Å². The number of piperidine rings is 2. The van der Waals surface area contributed by atoms with Gasteiger partial charge in [-0.3, -0.25) is 9.59 Å². The lowest BCUT2D eigenvalue weighted by atomic mass is 9.95.